The SMILES string of the molecule is N=C(N)c1ccc(Sc2ccc(Cl)cn2)c(F)c1Br. The van der Waals surface area contributed by atoms with Gasteiger partial charge in [-0.15, -0.1) is 0 Å². The highest BCUT2D eigenvalue weighted by atomic mass is 79.9. The zero-order valence-corrected chi connectivity index (χ0v) is 12.6. The molecule has 19 heavy (non-hydrogen) atoms. The molecule has 0 radical (unpaired) electrons. The van der Waals surface area contributed by atoms with Crippen molar-refractivity contribution in [2.24, 2.45) is 5.73 Å². The smallest absolute Gasteiger partial charge is 0.152 e. The molecule has 0 aliphatic rings. The molecule has 7 heteroatoms. The number of nitrogens with two attached hydrogens (primary N) is 1. The largest absolute Gasteiger partial charge is 0.384 e. The van der Waals surface area contributed by atoms with Crippen molar-refractivity contribution in [3.8, 4) is 0 Å². The summed E-state index contributed by atoms with van der Waals surface area (Å²) in [4.78, 5) is 4.48. The van der Waals surface area contributed by atoms with E-state index in [4.69, 9.17) is 22.7 Å². The molecule has 0 saturated carbocycles. The molecule has 0 atom stereocenters. The Morgan fingerprint density at radius 3 is 2.68 bits per heavy atom. The van der Waals surface area contributed by atoms with Gasteiger partial charge in [-0.25, -0.2) is 9.37 Å². The van der Waals surface area contributed by atoms with Crippen molar-refractivity contribution in [3.63, 3.8) is 0 Å². The minimum absolute atomic E-state index is 0.180. The Morgan fingerprint density at radius 2 is 2.11 bits per heavy atom. The summed E-state index contributed by atoms with van der Waals surface area (Å²) in [5.41, 5.74) is 5.68. The predicted molar refractivity (Wildman–Crippen MR) is 78.5 cm³/mol. The van der Waals surface area contributed by atoms with Crippen LogP contribution in [-0.4, -0.2) is 10.8 Å². The lowest BCUT2D eigenvalue weighted by Gasteiger charge is -2.08. The van der Waals surface area contributed by atoms with Crippen LogP contribution in [0.5, 0.6) is 0 Å². The molecule has 98 valence electrons. The van der Waals surface area contributed by atoms with Gasteiger partial charge in [-0.3, -0.25) is 5.41 Å². The fraction of sp³-hybridized carbons (Fsp3) is 0. The molecule has 1 aromatic carbocycles. The first-order valence-corrected chi connectivity index (χ1v) is 7.09. The van der Waals surface area contributed by atoms with E-state index >= 15 is 0 Å². The number of rotatable bonds is 3. The lowest BCUT2D eigenvalue weighted by molar-refractivity contribution is 0.594. The number of aromatic nitrogens is 1. The minimum Gasteiger partial charge on any atom is -0.384 e. The van der Waals surface area contributed by atoms with Crippen molar-refractivity contribution >= 4 is 45.1 Å². The predicted octanol–water partition coefficient (Wildman–Crippen LogP) is 4.07. The van der Waals surface area contributed by atoms with Crippen molar-refractivity contribution < 1.29 is 4.39 Å². The summed E-state index contributed by atoms with van der Waals surface area (Å²) in [7, 11) is 0. The summed E-state index contributed by atoms with van der Waals surface area (Å²) in [6, 6.07) is 6.55. The number of hydrogen-bond donors (Lipinski definition) is 2. The van der Waals surface area contributed by atoms with Gasteiger partial charge in [-0.2, -0.15) is 0 Å². The molecule has 1 heterocycles. The number of hydrogen-bond acceptors (Lipinski definition) is 3. The third-order valence-electron chi connectivity index (χ3n) is 2.25. The molecule has 0 fully saturated rings. The van der Waals surface area contributed by atoms with Crippen LogP contribution in [0.3, 0.4) is 0 Å². The zero-order chi connectivity index (χ0) is 14.0. The van der Waals surface area contributed by atoms with E-state index < -0.39 is 5.82 Å². The molecular weight excluding hydrogens is 353 g/mol. The van der Waals surface area contributed by atoms with Gasteiger partial charge < -0.3 is 5.73 Å². The number of nitrogen functional groups attached to an aromatic ring is 1. The van der Waals surface area contributed by atoms with Crippen LogP contribution in [0.2, 0.25) is 5.02 Å². The third kappa shape index (κ3) is 3.26. The molecule has 0 unspecified atom stereocenters. The van der Waals surface area contributed by atoms with Crippen LogP contribution in [0.4, 0.5) is 4.39 Å². The molecule has 0 aliphatic carbocycles. The highest BCUT2D eigenvalue weighted by Crippen LogP contribution is 2.33. The number of nitrogens with one attached hydrogen (secondary N) is 1. The van der Waals surface area contributed by atoms with Crippen molar-refractivity contribution in [2.45, 2.75) is 9.92 Å². The molecule has 0 bridgehead atoms. The number of benzene rings is 1. The van der Waals surface area contributed by atoms with Crippen molar-refractivity contribution in [3.05, 3.63) is 51.3 Å². The lowest BCUT2D eigenvalue weighted by atomic mass is 10.2. The van der Waals surface area contributed by atoms with Crippen molar-refractivity contribution in [1.82, 2.24) is 4.98 Å². The fourth-order valence-corrected chi connectivity index (χ4v) is 2.95. The molecule has 0 saturated heterocycles. The first-order valence-electron chi connectivity index (χ1n) is 5.11. The molecule has 2 aromatic rings. The van der Waals surface area contributed by atoms with E-state index in [2.05, 4.69) is 20.9 Å². The van der Waals surface area contributed by atoms with Crippen LogP contribution in [0.1, 0.15) is 5.56 Å². The first kappa shape index (κ1) is 14.3. The van der Waals surface area contributed by atoms with Crippen molar-refractivity contribution in [1.29, 1.82) is 5.41 Å². The Morgan fingerprint density at radius 1 is 1.37 bits per heavy atom. The molecule has 3 nitrogen and oxygen atoms in total. The van der Waals surface area contributed by atoms with Gasteiger partial charge in [0.15, 0.2) is 5.82 Å². The second-order valence-corrected chi connectivity index (χ2v) is 5.86. The number of nitrogens with zero attached hydrogens (tertiary/aromatic N) is 1. The van der Waals surface area contributed by atoms with E-state index in [1.54, 1.807) is 24.3 Å². The summed E-state index contributed by atoms with van der Waals surface area (Å²) in [6.07, 6.45) is 1.50. The normalized spacial score (nSPS) is 10.5. The molecule has 0 amide bonds. The van der Waals surface area contributed by atoms with Gasteiger partial charge in [0.2, 0.25) is 0 Å². The van der Waals surface area contributed by atoms with Gasteiger partial charge in [0.25, 0.3) is 0 Å². The molecule has 1 aromatic heterocycles. The molecule has 2 rings (SSSR count). The maximum absolute atomic E-state index is 14.1. The third-order valence-corrected chi connectivity index (χ3v) is 4.24. The van der Waals surface area contributed by atoms with E-state index in [1.165, 1.54) is 18.0 Å². The van der Waals surface area contributed by atoms with Crippen LogP contribution >= 0.6 is 39.3 Å². The standard InChI is InChI=1S/C12H8BrClFN3S/c13-10-7(12(16)17)2-3-8(11(10)15)19-9-4-1-6(14)5-18-9/h1-5H,(H3,16,17). The zero-order valence-electron chi connectivity index (χ0n) is 9.45. The number of halogens is 3. The first-order chi connectivity index (χ1) is 8.99. The van der Waals surface area contributed by atoms with Gasteiger partial charge >= 0.3 is 0 Å². The maximum Gasteiger partial charge on any atom is 0.152 e. The quantitative estimate of drug-likeness (QED) is 0.640. The van der Waals surface area contributed by atoms with E-state index in [0.29, 0.717) is 20.5 Å². The van der Waals surface area contributed by atoms with Gasteiger partial charge in [0.1, 0.15) is 10.9 Å². The Hall–Kier alpha value is -1.11. The second kappa shape index (κ2) is 5.90. The Kier molecular flexibility index (Phi) is 4.44. The summed E-state index contributed by atoms with van der Waals surface area (Å²) in [5, 5.41) is 8.49. The second-order valence-electron chi connectivity index (χ2n) is 3.57. The molecule has 0 aliphatic heterocycles. The summed E-state index contributed by atoms with van der Waals surface area (Å²) in [6.45, 7) is 0. The van der Waals surface area contributed by atoms with Gasteiger partial charge in [0.05, 0.1) is 14.4 Å². The summed E-state index contributed by atoms with van der Waals surface area (Å²) in [5.74, 6) is -0.651. The molecule has 0 spiro atoms. The van der Waals surface area contributed by atoms with Crippen LogP contribution in [0, 0.1) is 11.2 Å². The molecule has 3 N–H and O–H groups in total. The monoisotopic (exact) mass is 359 g/mol. The summed E-state index contributed by atoms with van der Waals surface area (Å²) < 4.78 is 14.3. The average molecular weight is 361 g/mol. The number of pyridine rings is 1. The van der Waals surface area contributed by atoms with Crippen LogP contribution < -0.4 is 5.73 Å². The van der Waals surface area contributed by atoms with Crippen molar-refractivity contribution in [2.75, 3.05) is 0 Å². The average Bonchev–Trinajstić information content (AvgIpc) is 2.37. The van der Waals surface area contributed by atoms with Crippen LogP contribution in [0.25, 0.3) is 0 Å². The Labute approximate surface area is 127 Å². The number of amidine groups is 1. The lowest BCUT2D eigenvalue weighted by Crippen LogP contribution is -2.12. The van der Waals surface area contributed by atoms with Gasteiger partial charge in [0, 0.05) is 11.8 Å². The highest BCUT2D eigenvalue weighted by molar-refractivity contribution is 9.10. The minimum atomic E-state index is -0.463. The van der Waals surface area contributed by atoms with Crippen LogP contribution in [0.15, 0.2) is 44.9 Å². The van der Waals surface area contributed by atoms with Crippen LogP contribution in [-0.2, 0) is 0 Å². The maximum atomic E-state index is 14.1. The Bertz CT molecular complexity index is 634. The van der Waals surface area contributed by atoms with Gasteiger partial charge in [-0.1, -0.05) is 23.4 Å². The highest BCUT2D eigenvalue weighted by Gasteiger charge is 2.14. The van der Waals surface area contributed by atoms with E-state index in [1.807, 2.05) is 0 Å². The topological polar surface area (TPSA) is 62.8 Å². The summed E-state index contributed by atoms with van der Waals surface area (Å²) >= 11 is 10.0. The van der Waals surface area contributed by atoms with E-state index in [-0.39, 0.29) is 10.3 Å². The van der Waals surface area contributed by atoms with Gasteiger partial charge in [-0.05, 0) is 40.2 Å². The fourth-order valence-electron chi connectivity index (χ4n) is 1.35. The molecular formula is C12H8BrClFN3S. The van der Waals surface area contributed by atoms with E-state index in [9.17, 15) is 4.39 Å². The van der Waals surface area contributed by atoms with E-state index in [0.717, 1.165) is 0 Å². The Balaban J connectivity index is 2.34.